The van der Waals surface area contributed by atoms with E-state index in [1.54, 1.807) is 18.2 Å². The first-order chi connectivity index (χ1) is 16.6. The molecule has 1 saturated carbocycles. The van der Waals surface area contributed by atoms with E-state index in [2.05, 4.69) is 15.0 Å². The number of nitrogens with zero attached hydrogens (tertiary/aromatic N) is 1. The molecule has 3 heterocycles. The average molecular weight is 517 g/mol. The van der Waals surface area contributed by atoms with E-state index in [9.17, 15) is 23.1 Å². The highest BCUT2D eigenvalue weighted by molar-refractivity contribution is 6.30. The number of aliphatic hydroxyl groups excluding tert-OH is 1. The SMILES string of the molecule is O=C(N[C@@H]1CC[C@@H](c2ncc(C3CC(OC(F)(F)F)C3)o2)OC1)[C@H]1C[C@@H](O)c2cc(Cl)ccc2O1. The Bertz CT molecular complexity index is 1070. The Morgan fingerprint density at radius 3 is 2.74 bits per heavy atom. The molecule has 12 heteroatoms. The number of hydrogen-bond donors (Lipinski definition) is 2. The summed E-state index contributed by atoms with van der Waals surface area (Å²) in [7, 11) is 0. The number of benzene rings is 1. The lowest BCUT2D eigenvalue weighted by Crippen LogP contribution is -2.48. The first kappa shape index (κ1) is 24.4. The fourth-order valence-electron chi connectivity index (χ4n) is 4.65. The molecule has 8 nitrogen and oxygen atoms in total. The van der Waals surface area contributed by atoms with Gasteiger partial charge in [0.2, 0.25) is 5.89 Å². The minimum Gasteiger partial charge on any atom is -0.480 e. The monoisotopic (exact) mass is 516 g/mol. The normalized spacial score (nSPS) is 30.7. The highest BCUT2D eigenvalue weighted by Crippen LogP contribution is 2.42. The van der Waals surface area contributed by atoms with E-state index in [0.29, 0.717) is 40.8 Å². The standard InChI is InChI=1S/C23H24ClF3N2O6/c24-12-1-3-17-15(7-12)16(30)8-19(33-17)21(31)29-13-2-4-18(32-10-13)22-28-9-20(34-22)11-5-14(6-11)35-23(25,26)27/h1,3,7,9,11,13-14,16,18-19,30H,2,4-6,8,10H2,(H,29,31)/t11?,13-,14?,16-,18+,19-/m1/s1. The van der Waals surface area contributed by atoms with Crippen molar-refractivity contribution in [2.24, 2.45) is 0 Å². The van der Waals surface area contributed by atoms with Crippen molar-refractivity contribution in [2.45, 2.75) is 74.8 Å². The summed E-state index contributed by atoms with van der Waals surface area (Å²) in [6.45, 7) is 0.237. The number of nitrogens with one attached hydrogen (secondary N) is 1. The summed E-state index contributed by atoms with van der Waals surface area (Å²) in [5.74, 6) is 0.826. The van der Waals surface area contributed by atoms with Crippen LogP contribution in [0.1, 0.15) is 67.4 Å². The second kappa shape index (κ2) is 9.61. The zero-order chi connectivity index (χ0) is 24.7. The largest absolute Gasteiger partial charge is 0.522 e. The number of halogens is 4. The van der Waals surface area contributed by atoms with Crippen molar-refractivity contribution >= 4 is 17.5 Å². The van der Waals surface area contributed by atoms with Gasteiger partial charge in [-0.1, -0.05) is 11.6 Å². The lowest BCUT2D eigenvalue weighted by Gasteiger charge is -2.34. The van der Waals surface area contributed by atoms with E-state index in [1.807, 2.05) is 0 Å². The van der Waals surface area contributed by atoms with Crippen LogP contribution in [0.5, 0.6) is 5.75 Å². The predicted molar refractivity (Wildman–Crippen MR) is 115 cm³/mol. The maximum Gasteiger partial charge on any atom is 0.522 e. The van der Waals surface area contributed by atoms with Crippen LogP contribution in [-0.2, 0) is 14.3 Å². The number of rotatable bonds is 5. The highest BCUT2D eigenvalue weighted by atomic mass is 35.5. The molecule has 2 fully saturated rings. The van der Waals surface area contributed by atoms with Crippen LogP contribution >= 0.6 is 11.6 Å². The van der Waals surface area contributed by atoms with Gasteiger partial charge in [-0.3, -0.25) is 9.53 Å². The third-order valence-corrected chi connectivity index (χ3v) is 6.80. The molecule has 0 unspecified atom stereocenters. The van der Waals surface area contributed by atoms with E-state index in [4.69, 9.17) is 25.5 Å². The van der Waals surface area contributed by atoms with E-state index in [0.717, 1.165) is 0 Å². The molecular weight excluding hydrogens is 493 g/mol. The van der Waals surface area contributed by atoms with Crippen LogP contribution in [0.25, 0.3) is 0 Å². The summed E-state index contributed by atoms with van der Waals surface area (Å²) >= 11 is 5.97. The molecule has 2 aromatic rings. The molecule has 3 aliphatic rings. The van der Waals surface area contributed by atoms with Crippen molar-refractivity contribution in [1.29, 1.82) is 0 Å². The number of amides is 1. The van der Waals surface area contributed by atoms with Crippen LogP contribution in [0.4, 0.5) is 13.2 Å². The summed E-state index contributed by atoms with van der Waals surface area (Å²) in [5.41, 5.74) is 0.556. The van der Waals surface area contributed by atoms with Crippen molar-refractivity contribution in [1.82, 2.24) is 10.3 Å². The summed E-state index contributed by atoms with van der Waals surface area (Å²) in [6, 6.07) is 4.65. The molecule has 35 heavy (non-hydrogen) atoms. The van der Waals surface area contributed by atoms with Crippen molar-refractivity contribution in [3.8, 4) is 5.75 Å². The molecule has 2 aliphatic heterocycles. The highest BCUT2D eigenvalue weighted by Gasteiger charge is 2.42. The molecule has 190 valence electrons. The fourth-order valence-corrected chi connectivity index (χ4v) is 4.83. The van der Waals surface area contributed by atoms with E-state index in [-0.39, 0.29) is 43.7 Å². The summed E-state index contributed by atoms with van der Waals surface area (Å²) < 4.78 is 58.2. The molecule has 1 saturated heterocycles. The molecule has 1 aromatic carbocycles. The van der Waals surface area contributed by atoms with Crippen LogP contribution in [0.2, 0.25) is 5.02 Å². The smallest absolute Gasteiger partial charge is 0.480 e. The van der Waals surface area contributed by atoms with Gasteiger partial charge in [-0.15, -0.1) is 13.2 Å². The second-order valence-electron chi connectivity index (χ2n) is 9.10. The van der Waals surface area contributed by atoms with Crippen molar-refractivity contribution in [3.05, 3.63) is 46.6 Å². The number of carbonyl (C=O) groups excluding carboxylic acids is 1. The Balaban J connectivity index is 1.09. The van der Waals surface area contributed by atoms with Gasteiger partial charge in [-0.25, -0.2) is 4.98 Å². The maximum atomic E-state index is 12.7. The molecular formula is C23H24ClF3N2O6. The number of oxazole rings is 1. The molecule has 0 radical (unpaired) electrons. The zero-order valence-electron chi connectivity index (χ0n) is 18.5. The Morgan fingerprint density at radius 2 is 2.03 bits per heavy atom. The van der Waals surface area contributed by atoms with Gasteiger partial charge in [0.15, 0.2) is 6.10 Å². The number of hydrogen-bond acceptors (Lipinski definition) is 7. The average Bonchev–Trinajstić information content (AvgIpc) is 3.26. The first-order valence-electron chi connectivity index (χ1n) is 11.4. The van der Waals surface area contributed by atoms with Crippen molar-refractivity contribution in [3.63, 3.8) is 0 Å². The van der Waals surface area contributed by atoms with Gasteiger partial charge in [0.05, 0.1) is 31.1 Å². The molecule has 4 atom stereocenters. The van der Waals surface area contributed by atoms with Crippen molar-refractivity contribution < 1.29 is 41.7 Å². The van der Waals surface area contributed by atoms with Gasteiger partial charge in [0.25, 0.3) is 5.91 Å². The Hall–Kier alpha value is -2.34. The van der Waals surface area contributed by atoms with Gasteiger partial charge in [-0.05, 0) is 43.9 Å². The fraction of sp³-hybridized carbons (Fsp3) is 0.565. The van der Waals surface area contributed by atoms with Crippen LogP contribution in [0.3, 0.4) is 0 Å². The van der Waals surface area contributed by atoms with E-state index >= 15 is 0 Å². The maximum absolute atomic E-state index is 12.7. The van der Waals surface area contributed by atoms with Crippen molar-refractivity contribution in [2.75, 3.05) is 6.61 Å². The number of fused-ring (bicyclic) bond motifs is 1. The molecule has 2 N–H and O–H groups in total. The Morgan fingerprint density at radius 1 is 1.23 bits per heavy atom. The number of carbonyl (C=O) groups is 1. The number of aliphatic hydroxyl groups is 1. The van der Waals surface area contributed by atoms with Gasteiger partial charge in [0, 0.05) is 22.9 Å². The lowest BCUT2D eigenvalue weighted by atomic mass is 9.81. The Labute approximate surface area is 203 Å². The summed E-state index contributed by atoms with van der Waals surface area (Å²) in [6.07, 6.45) is -4.33. The predicted octanol–water partition coefficient (Wildman–Crippen LogP) is 4.33. The van der Waals surface area contributed by atoms with Gasteiger partial charge in [-0.2, -0.15) is 0 Å². The van der Waals surface area contributed by atoms with Crippen LogP contribution in [0.15, 0.2) is 28.8 Å². The summed E-state index contributed by atoms with van der Waals surface area (Å²) in [4.78, 5) is 17.0. The molecule has 1 aromatic heterocycles. The number of aromatic nitrogens is 1. The second-order valence-corrected chi connectivity index (χ2v) is 9.54. The van der Waals surface area contributed by atoms with Crippen LogP contribution < -0.4 is 10.1 Å². The van der Waals surface area contributed by atoms with E-state index < -0.39 is 30.8 Å². The van der Waals surface area contributed by atoms with Crippen LogP contribution in [-0.4, -0.2) is 47.2 Å². The molecule has 0 bridgehead atoms. The molecule has 0 spiro atoms. The minimum atomic E-state index is -4.63. The summed E-state index contributed by atoms with van der Waals surface area (Å²) in [5, 5.41) is 13.8. The van der Waals surface area contributed by atoms with Gasteiger partial charge < -0.3 is 24.3 Å². The lowest BCUT2D eigenvalue weighted by molar-refractivity contribution is -0.352. The van der Waals surface area contributed by atoms with Gasteiger partial charge >= 0.3 is 6.36 Å². The Kier molecular flexibility index (Phi) is 6.69. The topological polar surface area (TPSA) is 103 Å². The third kappa shape index (κ3) is 5.58. The molecule has 5 rings (SSSR count). The third-order valence-electron chi connectivity index (χ3n) is 6.57. The molecule has 1 aliphatic carbocycles. The first-order valence-corrected chi connectivity index (χ1v) is 11.8. The number of alkyl halides is 3. The van der Waals surface area contributed by atoms with E-state index in [1.165, 1.54) is 6.20 Å². The number of ether oxygens (including phenoxy) is 3. The molecule has 1 amide bonds. The quantitative estimate of drug-likeness (QED) is 0.609. The minimum absolute atomic E-state index is 0.116. The van der Waals surface area contributed by atoms with Gasteiger partial charge in [0.1, 0.15) is 17.6 Å². The zero-order valence-corrected chi connectivity index (χ0v) is 19.2. The van der Waals surface area contributed by atoms with Crippen LogP contribution in [0, 0.1) is 0 Å².